The van der Waals surface area contributed by atoms with E-state index in [1.54, 1.807) is 0 Å². The molecule has 0 heterocycles. The summed E-state index contributed by atoms with van der Waals surface area (Å²) in [5.74, 6) is 0.432. The first kappa shape index (κ1) is 12.1. The van der Waals surface area contributed by atoms with Crippen LogP contribution in [0.15, 0.2) is 42.5 Å². The van der Waals surface area contributed by atoms with Crippen LogP contribution in [0.25, 0.3) is 10.8 Å². The largest absolute Gasteiger partial charge is 0.330 e. The van der Waals surface area contributed by atoms with Crippen LogP contribution in [0.2, 0.25) is 0 Å². The lowest BCUT2D eigenvalue weighted by Gasteiger charge is -2.23. The van der Waals surface area contributed by atoms with E-state index in [1.807, 2.05) is 7.05 Å². The number of hydrogen-bond acceptors (Lipinski definition) is 2. The van der Waals surface area contributed by atoms with Gasteiger partial charge in [-0.05, 0) is 41.9 Å². The molecule has 0 amide bonds. The smallest absolute Gasteiger partial charge is 0.0355 e. The lowest BCUT2D eigenvalue weighted by Crippen LogP contribution is -2.28. The van der Waals surface area contributed by atoms with E-state index < -0.39 is 0 Å². The number of nitrogens with two attached hydrogens (primary N) is 1. The third-order valence-corrected chi connectivity index (χ3v) is 3.38. The Hall–Kier alpha value is -1.38. The molecule has 17 heavy (non-hydrogen) atoms. The summed E-state index contributed by atoms with van der Waals surface area (Å²) in [6.07, 6.45) is 0. The van der Waals surface area contributed by atoms with Gasteiger partial charge in [-0.25, -0.2) is 0 Å². The lowest BCUT2D eigenvalue weighted by atomic mass is 9.93. The molecule has 2 unspecified atom stereocenters. The van der Waals surface area contributed by atoms with Gasteiger partial charge in [0.25, 0.3) is 0 Å². The van der Waals surface area contributed by atoms with Crippen molar-refractivity contribution in [1.82, 2.24) is 5.32 Å². The highest BCUT2D eigenvalue weighted by atomic mass is 14.9. The highest BCUT2D eigenvalue weighted by Crippen LogP contribution is 2.24. The normalized spacial score (nSPS) is 14.8. The van der Waals surface area contributed by atoms with Gasteiger partial charge in [-0.15, -0.1) is 0 Å². The molecule has 0 fully saturated rings. The van der Waals surface area contributed by atoms with E-state index >= 15 is 0 Å². The Kier molecular flexibility index (Phi) is 3.77. The van der Waals surface area contributed by atoms with Crippen LogP contribution < -0.4 is 11.1 Å². The van der Waals surface area contributed by atoms with Gasteiger partial charge in [-0.1, -0.05) is 43.3 Å². The zero-order chi connectivity index (χ0) is 12.3. The number of rotatable bonds is 4. The molecule has 0 radical (unpaired) electrons. The molecule has 0 aliphatic carbocycles. The molecule has 0 aliphatic heterocycles. The monoisotopic (exact) mass is 228 g/mol. The van der Waals surface area contributed by atoms with Crippen molar-refractivity contribution >= 4 is 10.8 Å². The highest BCUT2D eigenvalue weighted by Gasteiger charge is 2.16. The Morgan fingerprint density at radius 2 is 1.82 bits per heavy atom. The Labute approximate surface area is 103 Å². The van der Waals surface area contributed by atoms with Gasteiger partial charge in [0.1, 0.15) is 0 Å². The SMILES string of the molecule is CNC(c1ccc2ccccc2c1)C(C)CN. The second-order valence-electron chi connectivity index (χ2n) is 4.59. The summed E-state index contributed by atoms with van der Waals surface area (Å²) in [4.78, 5) is 0. The zero-order valence-electron chi connectivity index (χ0n) is 10.5. The third-order valence-electron chi connectivity index (χ3n) is 3.38. The Morgan fingerprint density at radius 3 is 2.47 bits per heavy atom. The number of nitrogens with one attached hydrogen (secondary N) is 1. The second kappa shape index (κ2) is 5.30. The molecule has 0 saturated heterocycles. The molecule has 0 aliphatic rings. The van der Waals surface area contributed by atoms with Crippen molar-refractivity contribution in [2.24, 2.45) is 11.7 Å². The molecule has 3 N–H and O–H groups in total. The van der Waals surface area contributed by atoms with E-state index in [4.69, 9.17) is 5.73 Å². The molecule has 0 saturated carbocycles. The van der Waals surface area contributed by atoms with E-state index in [0.29, 0.717) is 18.5 Å². The fourth-order valence-electron chi connectivity index (χ4n) is 2.32. The maximum absolute atomic E-state index is 5.76. The van der Waals surface area contributed by atoms with Gasteiger partial charge >= 0.3 is 0 Å². The first-order valence-electron chi connectivity index (χ1n) is 6.12. The van der Waals surface area contributed by atoms with Crippen LogP contribution in [0.5, 0.6) is 0 Å². The van der Waals surface area contributed by atoms with Crippen LogP contribution in [0, 0.1) is 5.92 Å². The fraction of sp³-hybridized carbons (Fsp3) is 0.333. The molecule has 2 heteroatoms. The molecule has 0 bridgehead atoms. The van der Waals surface area contributed by atoms with Crippen molar-refractivity contribution in [3.05, 3.63) is 48.0 Å². The first-order valence-corrected chi connectivity index (χ1v) is 6.12. The van der Waals surface area contributed by atoms with Crippen molar-refractivity contribution in [2.75, 3.05) is 13.6 Å². The summed E-state index contributed by atoms with van der Waals surface area (Å²) in [5.41, 5.74) is 7.07. The molecular weight excluding hydrogens is 208 g/mol. The summed E-state index contributed by atoms with van der Waals surface area (Å²) in [5, 5.41) is 5.92. The van der Waals surface area contributed by atoms with E-state index in [9.17, 15) is 0 Å². The minimum absolute atomic E-state index is 0.324. The predicted octanol–water partition coefficient (Wildman–Crippen LogP) is 2.70. The summed E-state index contributed by atoms with van der Waals surface area (Å²) in [6.45, 7) is 2.87. The summed E-state index contributed by atoms with van der Waals surface area (Å²) < 4.78 is 0. The van der Waals surface area contributed by atoms with Crippen molar-refractivity contribution in [3.63, 3.8) is 0 Å². The van der Waals surface area contributed by atoms with Crippen molar-refractivity contribution in [3.8, 4) is 0 Å². The third kappa shape index (κ3) is 2.48. The van der Waals surface area contributed by atoms with Crippen LogP contribution >= 0.6 is 0 Å². The minimum atomic E-state index is 0.324. The standard InChI is InChI=1S/C15H20N2/c1-11(10-16)15(17-2)14-8-7-12-5-3-4-6-13(12)9-14/h3-9,11,15,17H,10,16H2,1-2H3. The van der Waals surface area contributed by atoms with E-state index in [1.165, 1.54) is 16.3 Å². The maximum atomic E-state index is 5.76. The maximum Gasteiger partial charge on any atom is 0.0355 e. The van der Waals surface area contributed by atoms with Crippen LogP contribution in [0.4, 0.5) is 0 Å². The van der Waals surface area contributed by atoms with E-state index in [-0.39, 0.29) is 0 Å². The van der Waals surface area contributed by atoms with Gasteiger partial charge in [-0.2, -0.15) is 0 Å². The van der Waals surface area contributed by atoms with Crippen LogP contribution in [0.3, 0.4) is 0 Å². The molecule has 2 nitrogen and oxygen atoms in total. The van der Waals surface area contributed by atoms with Gasteiger partial charge < -0.3 is 11.1 Å². The van der Waals surface area contributed by atoms with Crippen molar-refractivity contribution < 1.29 is 0 Å². The number of benzene rings is 2. The van der Waals surface area contributed by atoms with Crippen LogP contribution in [-0.4, -0.2) is 13.6 Å². The van der Waals surface area contributed by atoms with E-state index in [0.717, 1.165) is 0 Å². The summed E-state index contributed by atoms with van der Waals surface area (Å²) >= 11 is 0. The van der Waals surface area contributed by atoms with Crippen LogP contribution in [0.1, 0.15) is 18.5 Å². The predicted molar refractivity (Wildman–Crippen MR) is 74.0 cm³/mol. The molecule has 2 aromatic rings. The first-order chi connectivity index (χ1) is 8.26. The quantitative estimate of drug-likeness (QED) is 0.844. The molecule has 2 rings (SSSR count). The van der Waals surface area contributed by atoms with Crippen molar-refractivity contribution in [2.45, 2.75) is 13.0 Å². The summed E-state index contributed by atoms with van der Waals surface area (Å²) in [6, 6.07) is 15.4. The Morgan fingerprint density at radius 1 is 1.12 bits per heavy atom. The molecule has 90 valence electrons. The summed E-state index contributed by atoms with van der Waals surface area (Å²) in [7, 11) is 1.99. The van der Waals surface area contributed by atoms with E-state index in [2.05, 4.69) is 54.7 Å². The molecular formula is C15H20N2. The fourth-order valence-corrected chi connectivity index (χ4v) is 2.32. The lowest BCUT2D eigenvalue weighted by molar-refractivity contribution is 0.420. The van der Waals surface area contributed by atoms with Gasteiger partial charge in [0.2, 0.25) is 0 Å². The Bertz CT molecular complexity index is 493. The minimum Gasteiger partial charge on any atom is -0.330 e. The van der Waals surface area contributed by atoms with Gasteiger partial charge in [-0.3, -0.25) is 0 Å². The topological polar surface area (TPSA) is 38.0 Å². The molecule has 0 aromatic heterocycles. The average Bonchev–Trinajstić information content (AvgIpc) is 2.39. The van der Waals surface area contributed by atoms with Crippen molar-refractivity contribution in [1.29, 1.82) is 0 Å². The van der Waals surface area contributed by atoms with Gasteiger partial charge in [0.05, 0.1) is 0 Å². The van der Waals surface area contributed by atoms with Crippen LogP contribution in [-0.2, 0) is 0 Å². The highest BCUT2D eigenvalue weighted by molar-refractivity contribution is 5.83. The second-order valence-corrected chi connectivity index (χ2v) is 4.59. The molecule has 2 atom stereocenters. The number of hydrogen-bond donors (Lipinski definition) is 2. The Balaban J connectivity index is 2.40. The zero-order valence-corrected chi connectivity index (χ0v) is 10.5. The molecule has 0 spiro atoms. The molecule has 2 aromatic carbocycles. The number of fused-ring (bicyclic) bond motifs is 1. The average molecular weight is 228 g/mol. The van der Waals surface area contributed by atoms with Gasteiger partial charge in [0, 0.05) is 6.04 Å². The van der Waals surface area contributed by atoms with Gasteiger partial charge in [0.15, 0.2) is 0 Å².